The Hall–Kier alpha value is -1.35. The van der Waals surface area contributed by atoms with E-state index in [2.05, 4.69) is 12.1 Å². The molecule has 0 heterocycles. The Kier molecular flexibility index (Phi) is 2.26. The quantitative estimate of drug-likeness (QED) is 0.833. The molecule has 0 aromatic heterocycles. The van der Waals surface area contributed by atoms with Gasteiger partial charge in [-0.05, 0) is 42.7 Å². The highest BCUT2D eigenvalue weighted by molar-refractivity contribution is 5.77. The third-order valence-electron chi connectivity index (χ3n) is 4.16. The lowest BCUT2D eigenvalue weighted by Crippen LogP contribution is -2.42. The highest BCUT2D eigenvalue weighted by Crippen LogP contribution is 2.55. The lowest BCUT2D eigenvalue weighted by Gasteiger charge is -2.23. The zero-order valence-corrected chi connectivity index (χ0v) is 9.73. The summed E-state index contributed by atoms with van der Waals surface area (Å²) in [5, 5.41) is 9.14. The van der Waals surface area contributed by atoms with Crippen LogP contribution < -0.4 is 5.73 Å². The van der Waals surface area contributed by atoms with Crippen LogP contribution in [0, 0.1) is 0 Å². The lowest BCUT2D eigenvalue weighted by atomic mass is 9.84. The van der Waals surface area contributed by atoms with Crippen molar-refractivity contribution >= 4 is 5.97 Å². The van der Waals surface area contributed by atoms with Gasteiger partial charge in [0.1, 0.15) is 6.04 Å². The molecule has 2 saturated carbocycles. The van der Waals surface area contributed by atoms with Gasteiger partial charge in [0, 0.05) is 5.41 Å². The predicted octanol–water partition coefficient (Wildman–Crippen LogP) is 2.01. The molecule has 90 valence electrons. The maximum absolute atomic E-state index is 11.1. The SMILES string of the molecule is NC(C(=O)O)C1(c2ccccc2C2CC2)CC1. The molecule has 1 aromatic carbocycles. The average molecular weight is 231 g/mol. The van der Waals surface area contributed by atoms with Crippen molar-refractivity contribution in [1.29, 1.82) is 0 Å². The molecule has 2 aliphatic carbocycles. The molecule has 1 unspecified atom stereocenters. The van der Waals surface area contributed by atoms with E-state index in [1.807, 2.05) is 12.1 Å². The van der Waals surface area contributed by atoms with Crippen molar-refractivity contribution in [3.05, 3.63) is 35.4 Å². The molecular formula is C14H17NO2. The van der Waals surface area contributed by atoms with Gasteiger partial charge in [-0.25, -0.2) is 0 Å². The average Bonchev–Trinajstić information content (AvgIpc) is 3.20. The number of hydrogen-bond donors (Lipinski definition) is 2. The van der Waals surface area contributed by atoms with Crippen LogP contribution in [0.25, 0.3) is 0 Å². The second kappa shape index (κ2) is 3.57. The molecular weight excluding hydrogens is 214 g/mol. The van der Waals surface area contributed by atoms with Crippen molar-refractivity contribution in [1.82, 2.24) is 0 Å². The van der Waals surface area contributed by atoms with Crippen LogP contribution in [0.15, 0.2) is 24.3 Å². The molecule has 3 N–H and O–H groups in total. The maximum atomic E-state index is 11.1. The summed E-state index contributed by atoms with van der Waals surface area (Å²) in [4.78, 5) is 11.1. The third kappa shape index (κ3) is 1.65. The number of hydrogen-bond acceptors (Lipinski definition) is 2. The van der Waals surface area contributed by atoms with Crippen molar-refractivity contribution in [2.24, 2.45) is 5.73 Å². The first-order valence-electron chi connectivity index (χ1n) is 6.23. The maximum Gasteiger partial charge on any atom is 0.321 e. The van der Waals surface area contributed by atoms with Gasteiger partial charge in [-0.15, -0.1) is 0 Å². The van der Waals surface area contributed by atoms with E-state index in [0.717, 1.165) is 12.8 Å². The molecule has 1 atom stereocenters. The van der Waals surface area contributed by atoms with Gasteiger partial charge in [0.2, 0.25) is 0 Å². The number of aliphatic carboxylic acids is 1. The van der Waals surface area contributed by atoms with Gasteiger partial charge in [-0.2, -0.15) is 0 Å². The van der Waals surface area contributed by atoms with Gasteiger partial charge in [-0.3, -0.25) is 4.79 Å². The molecule has 3 heteroatoms. The molecule has 0 aliphatic heterocycles. The minimum Gasteiger partial charge on any atom is -0.480 e. The fraction of sp³-hybridized carbons (Fsp3) is 0.500. The van der Waals surface area contributed by atoms with Gasteiger partial charge >= 0.3 is 5.97 Å². The molecule has 0 bridgehead atoms. The largest absolute Gasteiger partial charge is 0.480 e. The molecule has 2 fully saturated rings. The summed E-state index contributed by atoms with van der Waals surface area (Å²) in [6.07, 6.45) is 4.28. The number of rotatable bonds is 4. The molecule has 0 spiro atoms. The van der Waals surface area contributed by atoms with E-state index >= 15 is 0 Å². The first kappa shape index (κ1) is 10.8. The Morgan fingerprint density at radius 2 is 2.00 bits per heavy atom. The number of nitrogens with two attached hydrogens (primary N) is 1. The van der Waals surface area contributed by atoms with Gasteiger partial charge in [0.05, 0.1) is 0 Å². The normalized spacial score (nSPS) is 23.1. The second-order valence-electron chi connectivity index (χ2n) is 5.33. The number of carbonyl (C=O) groups is 1. The molecule has 0 saturated heterocycles. The molecule has 3 nitrogen and oxygen atoms in total. The number of carboxylic acids is 1. The van der Waals surface area contributed by atoms with Gasteiger partial charge in [0.25, 0.3) is 0 Å². The van der Waals surface area contributed by atoms with E-state index in [4.69, 9.17) is 10.8 Å². The molecule has 1 aromatic rings. The van der Waals surface area contributed by atoms with Gasteiger partial charge in [-0.1, -0.05) is 24.3 Å². The summed E-state index contributed by atoms with van der Waals surface area (Å²) >= 11 is 0. The monoisotopic (exact) mass is 231 g/mol. The van der Waals surface area contributed by atoms with Crippen LogP contribution in [0.4, 0.5) is 0 Å². The summed E-state index contributed by atoms with van der Waals surface area (Å²) in [6, 6.07) is 7.49. The fourth-order valence-electron chi connectivity index (χ4n) is 2.82. The smallest absolute Gasteiger partial charge is 0.321 e. The van der Waals surface area contributed by atoms with Crippen molar-refractivity contribution in [2.45, 2.75) is 43.1 Å². The standard InChI is InChI=1S/C14H17NO2/c15-12(13(16)17)14(7-8-14)11-4-2-1-3-10(11)9-5-6-9/h1-4,9,12H,5-8,15H2,(H,16,17). The highest BCUT2D eigenvalue weighted by Gasteiger charge is 2.53. The highest BCUT2D eigenvalue weighted by atomic mass is 16.4. The van der Waals surface area contributed by atoms with Crippen LogP contribution >= 0.6 is 0 Å². The zero-order chi connectivity index (χ0) is 12.0. The first-order valence-corrected chi connectivity index (χ1v) is 6.23. The molecule has 2 aliphatic rings. The van der Waals surface area contributed by atoms with E-state index in [-0.39, 0.29) is 5.41 Å². The van der Waals surface area contributed by atoms with Gasteiger partial charge in [0.15, 0.2) is 0 Å². The minimum atomic E-state index is -0.881. The Labute approximate surface area is 101 Å². The summed E-state index contributed by atoms with van der Waals surface area (Å²) in [5.41, 5.74) is 8.12. The van der Waals surface area contributed by atoms with E-state index in [1.165, 1.54) is 24.0 Å². The summed E-state index contributed by atoms with van der Waals surface area (Å²) < 4.78 is 0. The Morgan fingerprint density at radius 3 is 2.53 bits per heavy atom. The molecule has 0 amide bonds. The topological polar surface area (TPSA) is 63.3 Å². The summed E-state index contributed by atoms with van der Waals surface area (Å²) in [7, 11) is 0. The van der Waals surface area contributed by atoms with E-state index in [9.17, 15) is 4.79 Å². The van der Waals surface area contributed by atoms with Crippen molar-refractivity contribution in [3.8, 4) is 0 Å². The zero-order valence-electron chi connectivity index (χ0n) is 9.73. The molecule has 17 heavy (non-hydrogen) atoms. The van der Waals surface area contributed by atoms with Crippen molar-refractivity contribution in [2.75, 3.05) is 0 Å². The van der Waals surface area contributed by atoms with Crippen molar-refractivity contribution in [3.63, 3.8) is 0 Å². The Morgan fingerprint density at radius 1 is 1.35 bits per heavy atom. The van der Waals surface area contributed by atoms with Crippen LogP contribution in [0.3, 0.4) is 0 Å². The minimum absolute atomic E-state index is 0.287. The Balaban J connectivity index is 2.01. The van der Waals surface area contributed by atoms with Crippen LogP contribution in [0.5, 0.6) is 0 Å². The van der Waals surface area contributed by atoms with Crippen LogP contribution in [-0.4, -0.2) is 17.1 Å². The van der Waals surface area contributed by atoms with E-state index < -0.39 is 12.0 Å². The van der Waals surface area contributed by atoms with Gasteiger partial charge < -0.3 is 10.8 Å². The summed E-state index contributed by atoms with van der Waals surface area (Å²) in [6.45, 7) is 0. The van der Waals surface area contributed by atoms with E-state index in [1.54, 1.807) is 0 Å². The van der Waals surface area contributed by atoms with Crippen LogP contribution in [-0.2, 0) is 10.2 Å². The molecule has 0 radical (unpaired) electrons. The van der Waals surface area contributed by atoms with Crippen LogP contribution in [0.2, 0.25) is 0 Å². The fourth-order valence-corrected chi connectivity index (χ4v) is 2.82. The Bertz CT molecular complexity index is 461. The third-order valence-corrected chi connectivity index (χ3v) is 4.16. The first-order chi connectivity index (χ1) is 8.15. The second-order valence-corrected chi connectivity index (χ2v) is 5.33. The van der Waals surface area contributed by atoms with E-state index in [0.29, 0.717) is 5.92 Å². The number of carboxylic acid groups (broad SMARTS) is 1. The van der Waals surface area contributed by atoms with Crippen LogP contribution in [0.1, 0.15) is 42.7 Å². The summed E-state index contributed by atoms with van der Waals surface area (Å²) in [5.74, 6) is -0.238. The molecule has 3 rings (SSSR count). The predicted molar refractivity (Wildman–Crippen MR) is 64.9 cm³/mol. The van der Waals surface area contributed by atoms with Crippen molar-refractivity contribution < 1.29 is 9.90 Å². The lowest BCUT2D eigenvalue weighted by molar-refractivity contribution is -0.139. The number of benzene rings is 1.